The highest BCUT2D eigenvalue weighted by Gasteiger charge is 2.51. The maximum absolute atomic E-state index is 12.6. The van der Waals surface area contributed by atoms with E-state index in [2.05, 4.69) is 10.6 Å². The zero-order valence-corrected chi connectivity index (χ0v) is 23.2. The van der Waals surface area contributed by atoms with Crippen molar-refractivity contribution in [3.63, 3.8) is 0 Å². The average molecular weight is 614 g/mol. The van der Waals surface area contributed by atoms with Crippen LogP contribution in [0.1, 0.15) is 12.8 Å². The first-order chi connectivity index (χ1) is 19.9. The van der Waals surface area contributed by atoms with Crippen molar-refractivity contribution in [2.75, 3.05) is 39.4 Å². The molecule has 0 radical (unpaired) electrons. The lowest BCUT2D eigenvalue weighted by atomic mass is 9.83. The summed E-state index contributed by atoms with van der Waals surface area (Å²) in [5.41, 5.74) is 23.8. The number of hydroxylamine groups is 2. The molecule has 0 bridgehead atoms. The molecule has 2 aliphatic heterocycles. The van der Waals surface area contributed by atoms with Gasteiger partial charge in [-0.25, -0.2) is 9.86 Å². The van der Waals surface area contributed by atoms with E-state index in [1.807, 2.05) is 0 Å². The first kappa shape index (κ1) is 35.1. The normalized spacial score (nSPS) is 42.7. The topological polar surface area (TPSA) is 327 Å². The lowest BCUT2D eigenvalue weighted by molar-refractivity contribution is -0.315. The van der Waals surface area contributed by atoms with Gasteiger partial charge in [-0.1, -0.05) is 0 Å². The lowest BCUT2D eigenvalue weighted by Crippen LogP contribution is -2.69. The molecule has 0 aromatic heterocycles. The van der Waals surface area contributed by atoms with Gasteiger partial charge in [-0.15, -0.1) is 0 Å². The minimum absolute atomic E-state index is 0.0374. The summed E-state index contributed by atoms with van der Waals surface area (Å²) in [5, 5.41) is 77.0. The van der Waals surface area contributed by atoms with Crippen molar-refractivity contribution in [2.24, 2.45) is 22.9 Å². The molecule has 3 rings (SSSR count). The van der Waals surface area contributed by atoms with E-state index in [0.717, 1.165) is 0 Å². The van der Waals surface area contributed by atoms with E-state index in [-0.39, 0.29) is 45.6 Å². The van der Waals surface area contributed by atoms with Gasteiger partial charge in [0, 0.05) is 25.7 Å². The molecule has 2 amide bonds. The number of hydrogen-bond acceptors (Lipinski definition) is 17. The van der Waals surface area contributed by atoms with Crippen molar-refractivity contribution in [3.8, 4) is 0 Å². The van der Waals surface area contributed by atoms with Gasteiger partial charge in [-0.2, -0.15) is 0 Å². The van der Waals surface area contributed by atoms with Crippen LogP contribution in [0.25, 0.3) is 0 Å². The number of nitrogens with two attached hydrogens (primary N) is 4. The van der Waals surface area contributed by atoms with Crippen LogP contribution in [0.15, 0.2) is 0 Å². The Hall–Kier alpha value is -1.37. The van der Waals surface area contributed by atoms with Gasteiger partial charge in [0.25, 0.3) is 0 Å². The molecule has 19 nitrogen and oxygen atoms in total. The minimum Gasteiger partial charge on any atom is -0.395 e. The van der Waals surface area contributed by atoms with Crippen LogP contribution in [-0.4, -0.2) is 172 Å². The number of carbonyl (C=O) groups is 1. The van der Waals surface area contributed by atoms with Gasteiger partial charge in [-0.05, 0) is 12.8 Å². The molecular weight excluding hydrogens is 566 g/mol. The molecular formula is C23H47N7O12. The Labute approximate surface area is 242 Å². The number of aliphatic hydroxyl groups excluding tert-OH is 6. The predicted molar refractivity (Wildman–Crippen MR) is 141 cm³/mol. The third-order valence-corrected chi connectivity index (χ3v) is 7.66. The molecule has 2 heterocycles. The van der Waals surface area contributed by atoms with Gasteiger partial charge in [-0.3, -0.25) is 5.21 Å². The highest BCUT2D eigenvalue weighted by atomic mass is 16.7. The van der Waals surface area contributed by atoms with E-state index in [4.69, 9.17) is 47.0 Å². The summed E-state index contributed by atoms with van der Waals surface area (Å²) in [6.45, 7) is -0.551. The summed E-state index contributed by atoms with van der Waals surface area (Å²) in [6.07, 6.45) is -12.8. The summed E-state index contributed by atoms with van der Waals surface area (Å²) in [7, 11) is 0. The standard InChI is InChI=1S/C23H47N7O12/c24-1-3-30(38)23(37)29-11-5-9(25)19(41-21-10(26)6-12(33)13(39-21)7-28-2-4-31)18(36)20(11)42-22-17(35)15(27)16(34)14(8-32)40-22/h9-22,28,31-36,38H,1-8,24-27H2,(H,29,37)/t9-,10+,11+,12-,13+,14+,15-,16+,17+,18-,19+,20-,21+,22+/m0/s1. The molecule has 1 aliphatic carbocycles. The van der Waals surface area contributed by atoms with Crippen LogP contribution in [0.3, 0.4) is 0 Å². The van der Waals surface area contributed by atoms with Crippen molar-refractivity contribution in [1.29, 1.82) is 0 Å². The Kier molecular flexibility index (Phi) is 13.4. The number of nitrogens with zero attached hydrogens (tertiary/aromatic N) is 1. The lowest BCUT2D eigenvalue weighted by Gasteiger charge is -2.48. The second-order valence-corrected chi connectivity index (χ2v) is 10.8. The smallest absolute Gasteiger partial charge is 0.341 e. The number of carbonyl (C=O) groups excluding carboxylic acids is 1. The fraction of sp³-hybridized carbons (Fsp3) is 0.957. The Bertz CT molecular complexity index is 837. The molecule has 3 fully saturated rings. The molecule has 3 aliphatic rings. The quantitative estimate of drug-likeness (QED) is 0.0552. The van der Waals surface area contributed by atoms with Gasteiger partial charge in [0.2, 0.25) is 0 Å². The van der Waals surface area contributed by atoms with Crippen LogP contribution in [0.4, 0.5) is 4.79 Å². The van der Waals surface area contributed by atoms with Gasteiger partial charge < -0.3 is 83.2 Å². The highest BCUT2D eigenvalue weighted by molar-refractivity contribution is 5.73. The predicted octanol–water partition coefficient (Wildman–Crippen LogP) is -7.27. The summed E-state index contributed by atoms with van der Waals surface area (Å²) in [6, 6.07) is -5.06. The first-order valence-electron chi connectivity index (χ1n) is 13.9. The van der Waals surface area contributed by atoms with Crippen LogP contribution < -0.4 is 33.6 Å². The van der Waals surface area contributed by atoms with Gasteiger partial charge in [0.15, 0.2) is 12.6 Å². The van der Waals surface area contributed by atoms with Crippen LogP contribution in [0.5, 0.6) is 0 Å². The summed E-state index contributed by atoms with van der Waals surface area (Å²) < 4.78 is 23.3. The van der Waals surface area contributed by atoms with Gasteiger partial charge in [0.1, 0.15) is 36.6 Å². The fourth-order valence-electron chi connectivity index (χ4n) is 5.28. The zero-order chi connectivity index (χ0) is 31.1. The monoisotopic (exact) mass is 613 g/mol. The molecule has 19 heteroatoms. The van der Waals surface area contributed by atoms with Crippen molar-refractivity contribution in [2.45, 2.75) is 98.4 Å². The number of amides is 2. The Morgan fingerprint density at radius 1 is 0.905 bits per heavy atom. The maximum Gasteiger partial charge on any atom is 0.341 e. The van der Waals surface area contributed by atoms with E-state index in [0.29, 0.717) is 5.06 Å². The molecule has 2 saturated heterocycles. The van der Waals surface area contributed by atoms with Gasteiger partial charge in [0.05, 0.1) is 50.1 Å². The van der Waals surface area contributed by atoms with E-state index in [9.17, 15) is 35.5 Å². The minimum atomic E-state index is -1.61. The SMILES string of the molecule is NCCN(O)C(=O)N[C@@H]1C[C@H](N)[C@@H](O[C@H]2O[C@H](CNCCO)[C@@H](O)C[C@H]2N)[C@H](O)[C@H]1O[C@H]1O[C@H](CO)[C@@H](O)[C@H](N)[C@H]1O. The molecule has 0 spiro atoms. The third-order valence-electron chi connectivity index (χ3n) is 7.66. The van der Waals surface area contributed by atoms with Crippen LogP contribution in [0, 0.1) is 0 Å². The van der Waals surface area contributed by atoms with E-state index in [1.54, 1.807) is 0 Å². The molecule has 0 aromatic rings. The second kappa shape index (κ2) is 16.1. The van der Waals surface area contributed by atoms with E-state index >= 15 is 0 Å². The molecule has 1 saturated carbocycles. The van der Waals surface area contributed by atoms with Crippen molar-refractivity contribution >= 4 is 6.03 Å². The average Bonchev–Trinajstić information content (AvgIpc) is 2.95. The molecule has 246 valence electrons. The van der Waals surface area contributed by atoms with Crippen molar-refractivity contribution in [3.05, 3.63) is 0 Å². The Morgan fingerprint density at radius 2 is 1.57 bits per heavy atom. The van der Waals surface area contributed by atoms with Crippen LogP contribution in [-0.2, 0) is 18.9 Å². The van der Waals surface area contributed by atoms with Crippen LogP contribution in [0.2, 0.25) is 0 Å². The third kappa shape index (κ3) is 8.41. The number of aliphatic hydroxyl groups is 6. The summed E-state index contributed by atoms with van der Waals surface area (Å²) >= 11 is 0. The number of urea groups is 1. The second-order valence-electron chi connectivity index (χ2n) is 10.8. The van der Waals surface area contributed by atoms with Gasteiger partial charge >= 0.3 is 6.03 Å². The molecule has 42 heavy (non-hydrogen) atoms. The zero-order valence-electron chi connectivity index (χ0n) is 23.2. The van der Waals surface area contributed by atoms with Crippen molar-refractivity contribution < 1.29 is 59.6 Å². The summed E-state index contributed by atoms with van der Waals surface area (Å²) in [5.74, 6) is 0. The molecule has 14 atom stereocenters. The summed E-state index contributed by atoms with van der Waals surface area (Å²) in [4.78, 5) is 12.6. The highest BCUT2D eigenvalue weighted by Crippen LogP contribution is 2.31. The Morgan fingerprint density at radius 3 is 2.21 bits per heavy atom. The first-order valence-corrected chi connectivity index (χ1v) is 13.9. The molecule has 17 N–H and O–H groups in total. The maximum atomic E-state index is 12.6. The number of hydrogen-bond donors (Lipinski definition) is 13. The number of rotatable bonds is 12. The van der Waals surface area contributed by atoms with E-state index in [1.165, 1.54) is 0 Å². The van der Waals surface area contributed by atoms with Crippen molar-refractivity contribution in [1.82, 2.24) is 15.7 Å². The van der Waals surface area contributed by atoms with Crippen LogP contribution >= 0.6 is 0 Å². The van der Waals surface area contributed by atoms with E-state index < -0.39 is 98.2 Å². The Balaban J connectivity index is 1.81. The molecule has 0 unspecified atom stereocenters. The number of nitrogens with one attached hydrogen (secondary N) is 2. The fourth-order valence-corrected chi connectivity index (χ4v) is 5.28. The largest absolute Gasteiger partial charge is 0.395 e. The number of ether oxygens (including phenoxy) is 4. The molecule has 0 aromatic carbocycles.